The van der Waals surface area contributed by atoms with Crippen molar-refractivity contribution in [3.63, 3.8) is 0 Å². The van der Waals surface area contributed by atoms with Crippen molar-refractivity contribution in [2.75, 3.05) is 0 Å². The highest BCUT2D eigenvalue weighted by Crippen LogP contribution is 2.40. The molecule has 2 saturated heterocycles. The maximum Gasteiger partial charge on any atom is 0.276 e. The molecule has 2 heterocycles. The summed E-state index contributed by atoms with van der Waals surface area (Å²) in [6.45, 7) is 2.05. The molecule has 0 saturated carbocycles. The van der Waals surface area contributed by atoms with Crippen LogP contribution in [0.4, 0.5) is 0 Å². The first kappa shape index (κ1) is 16.9. The Morgan fingerprint density at radius 1 is 1.16 bits per heavy atom. The van der Waals surface area contributed by atoms with E-state index in [0.29, 0.717) is 20.5 Å². The fraction of sp³-hybridized carbons (Fsp3) is 0.167. The Morgan fingerprint density at radius 2 is 1.88 bits per heavy atom. The molecular formula is C18H15Cl2N3OS. The zero-order chi connectivity index (χ0) is 17.6. The second-order valence-electron chi connectivity index (χ2n) is 5.93. The smallest absolute Gasteiger partial charge is 0.267 e. The number of fused-ring (bicyclic) bond motifs is 1. The van der Waals surface area contributed by atoms with Gasteiger partial charge in [-0.2, -0.15) is 0 Å². The molecule has 0 radical (unpaired) electrons. The fourth-order valence-electron chi connectivity index (χ4n) is 2.90. The molecule has 7 heteroatoms. The Hall–Kier alpha value is -1.50. The van der Waals surface area contributed by atoms with Gasteiger partial charge in [-0.15, -0.1) is 0 Å². The lowest BCUT2D eigenvalue weighted by atomic mass is 10.1. The van der Waals surface area contributed by atoms with Crippen LogP contribution in [0.5, 0.6) is 0 Å². The third-order valence-corrected chi connectivity index (χ3v) is 5.91. The number of hydrogen-bond donors (Lipinski definition) is 2. The second kappa shape index (κ2) is 6.67. The topological polar surface area (TPSA) is 44.4 Å². The SMILES string of the molecule is Cc1cccc(C2NC3S/C(=C\c4c(Cl)cccc4Cl)C(=O)N3N2)c1. The monoisotopic (exact) mass is 391 g/mol. The summed E-state index contributed by atoms with van der Waals surface area (Å²) in [4.78, 5) is 13.3. The first-order valence-electron chi connectivity index (χ1n) is 7.77. The van der Waals surface area contributed by atoms with E-state index in [2.05, 4.69) is 16.8 Å². The molecule has 2 N–H and O–H groups in total. The summed E-state index contributed by atoms with van der Waals surface area (Å²) in [5, 5.41) is 6.09. The van der Waals surface area contributed by atoms with Crippen LogP contribution in [0.25, 0.3) is 6.08 Å². The molecule has 25 heavy (non-hydrogen) atoms. The predicted molar refractivity (Wildman–Crippen MR) is 103 cm³/mol. The maximum absolute atomic E-state index is 12.7. The molecule has 4 nitrogen and oxygen atoms in total. The number of nitrogens with zero attached hydrogens (tertiary/aromatic N) is 1. The average Bonchev–Trinajstić information content (AvgIpc) is 3.11. The summed E-state index contributed by atoms with van der Waals surface area (Å²) in [7, 11) is 0. The van der Waals surface area contributed by atoms with E-state index in [0.717, 1.165) is 5.56 Å². The first-order valence-corrected chi connectivity index (χ1v) is 9.41. The lowest BCUT2D eigenvalue weighted by Gasteiger charge is -2.14. The molecule has 2 aliphatic rings. The number of thioether (sulfide) groups is 1. The minimum atomic E-state index is -0.162. The summed E-state index contributed by atoms with van der Waals surface area (Å²) in [5.74, 6) is -0.0892. The van der Waals surface area contributed by atoms with Gasteiger partial charge in [0.25, 0.3) is 5.91 Å². The molecule has 0 spiro atoms. The molecule has 2 aliphatic heterocycles. The van der Waals surface area contributed by atoms with Crippen LogP contribution in [0.15, 0.2) is 47.4 Å². The van der Waals surface area contributed by atoms with Gasteiger partial charge in [0, 0.05) is 15.6 Å². The standard InChI is InChI=1S/C18H15Cl2N3OS/c1-10-4-2-5-11(8-10)16-21-18-23(22-16)17(24)15(25-18)9-12-13(19)6-3-7-14(12)20/h2-9,16,18,21-22H,1H3/b15-9-. The highest BCUT2D eigenvalue weighted by Gasteiger charge is 2.43. The predicted octanol–water partition coefficient (Wildman–Crippen LogP) is 4.31. The molecular weight excluding hydrogens is 377 g/mol. The molecule has 0 aromatic heterocycles. The summed E-state index contributed by atoms with van der Waals surface area (Å²) in [6.07, 6.45) is 1.66. The van der Waals surface area contributed by atoms with Gasteiger partial charge in [-0.1, -0.05) is 70.9 Å². The lowest BCUT2D eigenvalue weighted by molar-refractivity contribution is -0.127. The second-order valence-corrected chi connectivity index (χ2v) is 7.87. The van der Waals surface area contributed by atoms with Crippen LogP contribution < -0.4 is 10.7 Å². The van der Waals surface area contributed by atoms with Gasteiger partial charge in [0.1, 0.15) is 6.17 Å². The van der Waals surface area contributed by atoms with E-state index in [1.165, 1.54) is 17.3 Å². The van der Waals surface area contributed by atoms with Crippen LogP contribution in [-0.4, -0.2) is 16.4 Å². The van der Waals surface area contributed by atoms with Crippen molar-refractivity contribution in [1.82, 2.24) is 15.8 Å². The van der Waals surface area contributed by atoms with Gasteiger partial charge in [-0.05, 0) is 30.7 Å². The van der Waals surface area contributed by atoms with Crippen LogP contribution in [0.3, 0.4) is 0 Å². The Bertz CT molecular complexity index is 866. The molecule has 1 amide bonds. The first-order chi connectivity index (χ1) is 12.0. The van der Waals surface area contributed by atoms with Crippen LogP contribution in [-0.2, 0) is 4.79 Å². The van der Waals surface area contributed by atoms with E-state index in [1.54, 1.807) is 29.3 Å². The number of halogens is 2. The number of carbonyl (C=O) groups excluding carboxylic acids is 1. The Morgan fingerprint density at radius 3 is 2.56 bits per heavy atom. The van der Waals surface area contributed by atoms with E-state index in [4.69, 9.17) is 23.2 Å². The van der Waals surface area contributed by atoms with Crippen LogP contribution in [0, 0.1) is 6.92 Å². The Balaban J connectivity index is 1.56. The van der Waals surface area contributed by atoms with Crippen molar-refractivity contribution in [3.8, 4) is 0 Å². The van der Waals surface area contributed by atoms with Crippen molar-refractivity contribution in [2.24, 2.45) is 0 Å². The minimum Gasteiger partial charge on any atom is -0.267 e. The number of rotatable bonds is 2. The van der Waals surface area contributed by atoms with Crippen molar-refractivity contribution >= 4 is 46.9 Å². The molecule has 2 atom stereocenters. The number of carbonyl (C=O) groups is 1. The molecule has 2 aromatic rings. The van der Waals surface area contributed by atoms with Crippen LogP contribution in [0.2, 0.25) is 10.0 Å². The summed E-state index contributed by atoms with van der Waals surface area (Å²) >= 11 is 13.9. The number of amides is 1. The largest absolute Gasteiger partial charge is 0.276 e. The molecule has 4 rings (SSSR count). The van der Waals surface area contributed by atoms with Gasteiger partial charge in [-0.25, -0.2) is 10.4 Å². The van der Waals surface area contributed by atoms with E-state index >= 15 is 0 Å². The average molecular weight is 392 g/mol. The van der Waals surface area contributed by atoms with Gasteiger partial charge in [-0.3, -0.25) is 10.1 Å². The van der Waals surface area contributed by atoms with E-state index in [-0.39, 0.29) is 17.6 Å². The fourth-order valence-corrected chi connectivity index (χ4v) is 4.50. The normalized spacial score (nSPS) is 24.2. The molecule has 0 bridgehead atoms. The number of hydrazine groups is 1. The molecule has 0 aliphatic carbocycles. The molecule has 2 unspecified atom stereocenters. The van der Waals surface area contributed by atoms with Crippen molar-refractivity contribution < 1.29 is 4.79 Å². The zero-order valence-corrected chi connectivity index (χ0v) is 15.6. The quantitative estimate of drug-likeness (QED) is 0.748. The molecule has 2 aromatic carbocycles. The highest BCUT2D eigenvalue weighted by molar-refractivity contribution is 8.05. The minimum absolute atomic E-state index is 0.0892. The number of hydrogen-bond acceptors (Lipinski definition) is 4. The number of aryl methyl sites for hydroxylation is 1. The van der Waals surface area contributed by atoms with Crippen molar-refractivity contribution in [3.05, 3.63) is 74.1 Å². The van der Waals surface area contributed by atoms with Gasteiger partial charge >= 0.3 is 0 Å². The van der Waals surface area contributed by atoms with Crippen molar-refractivity contribution in [1.29, 1.82) is 0 Å². The summed E-state index contributed by atoms with van der Waals surface area (Å²) in [6, 6.07) is 13.5. The Kier molecular flexibility index (Phi) is 4.52. The van der Waals surface area contributed by atoms with Crippen LogP contribution >= 0.6 is 35.0 Å². The third-order valence-electron chi connectivity index (χ3n) is 4.13. The van der Waals surface area contributed by atoms with Gasteiger partial charge in [0.05, 0.1) is 4.91 Å². The summed E-state index contributed by atoms with van der Waals surface area (Å²) in [5.41, 5.74) is 6.02. The van der Waals surface area contributed by atoms with E-state index < -0.39 is 0 Å². The lowest BCUT2D eigenvalue weighted by Crippen LogP contribution is -2.37. The molecule has 2 fully saturated rings. The Labute approximate surface area is 160 Å². The third kappa shape index (κ3) is 3.18. The van der Waals surface area contributed by atoms with Crippen molar-refractivity contribution in [2.45, 2.75) is 18.6 Å². The van der Waals surface area contributed by atoms with Gasteiger partial charge in [0.15, 0.2) is 5.50 Å². The van der Waals surface area contributed by atoms with Crippen LogP contribution in [0.1, 0.15) is 22.9 Å². The number of benzene rings is 2. The zero-order valence-electron chi connectivity index (χ0n) is 13.3. The summed E-state index contributed by atoms with van der Waals surface area (Å²) < 4.78 is 0. The van der Waals surface area contributed by atoms with Gasteiger partial charge in [0.2, 0.25) is 0 Å². The van der Waals surface area contributed by atoms with Gasteiger partial charge < -0.3 is 0 Å². The van der Waals surface area contributed by atoms with E-state index in [9.17, 15) is 4.79 Å². The highest BCUT2D eigenvalue weighted by atomic mass is 35.5. The maximum atomic E-state index is 12.7. The number of nitrogens with one attached hydrogen (secondary N) is 2. The molecule has 128 valence electrons. The van der Waals surface area contributed by atoms with E-state index in [1.807, 2.05) is 25.1 Å².